The first kappa shape index (κ1) is 17.6. The molecule has 0 aliphatic rings. The van der Waals surface area contributed by atoms with Crippen LogP contribution in [0.1, 0.15) is 22.8 Å². The van der Waals surface area contributed by atoms with E-state index in [4.69, 9.17) is 0 Å². The first-order chi connectivity index (χ1) is 10.8. The Morgan fingerprint density at radius 1 is 1.09 bits per heavy atom. The lowest BCUT2D eigenvalue weighted by Gasteiger charge is -2.12. The molecule has 0 spiro atoms. The van der Waals surface area contributed by atoms with Crippen LogP contribution in [0.15, 0.2) is 53.4 Å². The predicted octanol–water partition coefficient (Wildman–Crippen LogP) is 3.73. The third-order valence-corrected chi connectivity index (χ3v) is 5.13. The Hall–Kier alpha value is -1.79. The van der Waals surface area contributed by atoms with Crippen molar-refractivity contribution in [2.75, 3.05) is 11.0 Å². The molecule has 2 aromatic carbocycles. The standard InChI is InChI=1S/C17H19NO3S2/c1-12-6-4-5-7-16(12)22-13(2)17(19)14-8-10-15(11-9-14)18-23(3,20)21/h4-11,13,18H,1-3H3. The van der Waals surface area contributed by atoms with Crippen molar-refractivity contribution in [2.45, 2.75) is 24.0 Å². The van der Waals surface area contributed by atoms with Crippen molar-refractivity contribution in [3.8, 4) is 0 Å². The summed E-state index contributed by atoms with van der Waals surface area (Å²) in [6, 6.07) is 14.4. The third kappa shape index (κ3) is 5.11. The van der Waals surface area contributed by atoms with Gasteiger partial charge in [0.2, 0.25) is 10.0 Å². The number of carbonyl (C=O) groups is 1. The smallest absolute Gasteiger partial charge is 0.229 e. The van der Waals surface area contributed by atoms with Gasteiger partial charge in [0, 0.05) is 16.1 Å². The first-order valence-electron chi connectivity index (χ1n) is 7.10. The number of sulfonamides is 1. The summed E-state index contributed by atoms with van der Waals surface area (Å²) >= 11 is 1.53. The van der Waals surface area contributed by atoms with E-state index in [-0.39, 0.29) is 11.0 Å². The molecular weight excluding hydrogens is 330 g/mol. The quantitative estimate of drug-likeness (QED) is 0.637. The molecule has 1 unspecified atom stereocenters. The maximum atomic E-state index is 12.5. The number of thioether (sulfide) groups is 1. The molecule has 2 rings (SSSR count). The van der Waals surface area contributed by atoms with Crippen LogP contribution in [0.5, 0.6) is 0 Å². The highest BCUT2D eigenvalue weighted by atomic mass is 32.2. The largest absolute Gasteiger partial charge is 0.293 e. The lowest BCUT2D eigenvalue weighted by Crippen LogP contribution is -2.14. The molecule has 0 aliphatic heterocycles. The van der Waals surface area contributed by atoms with E-state index in [0.29, 0.717) is 11.3 Å². The van der Waals surface area contributed by atoms with E-state index in [2.05, 4.69) is 4.72 Å². The molecule has 23 heavy (non-hydrogen) atoms. The monoisotopic (exact) mass is 349 g/mol. The lowest BCUT2D eigenvalue weighted by atomic mass is 10.1. The molecule has 0 amide bonds. The zero-order valence-corrected chi connectivity index (χ0v) is 14.9. The molecule has 4 nitrogen and oxygen atoms in total. The van der Waals surface area contributed by atoms with Crippen molar-refractivity contribution in [2.24, 2.45) is 0 Å². The van der Waals surface area contributed by atoms with Gasteiger partial charge in [-0.15, -0.1) is 11.8 Å². The van der Waals surface area contributed by atoms with Crippen LogP contribution < -0.4 is 4.72 Å². The number of rotatable bonds is 6. The highest BCUT2D eigenvalue weighted by Crippen LogP contribution is 2.28. The number of carbonyl (C=O) groups excluding carboxylic acids is 1. The topological polar surface area (TPSA) is 63.2 Å². The molecule has 0 radical (unpaired) electrons. The normalized spacial score (nSPS) is 12.7. The molecule has 6 heteroatoms. The van der Waals surface area contributed by atoms with E-state index in [1.54, 1.807) is 24.3 Å². The number of hydrogen-bond acceptors (Lipinski definition) is 4. The molecule has 0 fully saturated rings. The summed E-state index contributed by atoms with van der Waals surface area (Å²) in [5, 5.41) is -0.218. The van der Waals surface area contributed by atoms with Crippen LogP contribution in [-0.4, -0.2) is 25.7 Å². The Bertz CT molecular complexity index is 799. The third-order valence-electron chi connectivity index (χ3n) is 3.24. The molecule has 1 N–H and O–H groups in total. The SMILES string of the molecule is Cc1ccccc1SC(C)C(=O)c1ccc(NS(C)(=O)=O)cc1. The van der Waals surface area contributed by atoms with E-state index in [9.17, 15) is 13.2 Å². The van der Waals surface area contributed by atoms with Crippen molar-refractivity contribution >= 4 is 33.3 Å². The molecule has 0 heterocycles. The van der Waals surface area contributed by atoms with E-state index >= 15 is 0 Å². The number of aryl methyl sites for hydroxylation is 1. The van der Waals surface area contributed by atoms with E-state index in [1.807, 2.05) is 38.1 Å². The predicted molar refractivity (Wildman–Crippen MR) is 95.7 cm³/mol. The number of hydrogen-bond donors (Lipinski definition) is 1. The molecule has 0 aliphatic carbocycles. The maximum Gasteiger partial charge on any atom is 0.229 e. The number of nitrogens with one attached hydrogen (secondary N) is 1. The van der Waals surface area contributed by atoms with Gasteiger partial charge in [-0.2, -0.15) is 0 Å². The summed E-state index contributed by atoms with van der Waals surface area (Å²) in [6.45, 7) is 3.90. The molecule has 0 bridgehead atoms. The molecule has 0 saturated carbocycles. The second-order valence-electron chi connectivity index (χ2n) is 5.34. The zero-order valence-electron chi connectivity index (χ0n) is 13.2. The van der Waals surface area contributed by atoms with Gasteiger partial charge in [0.1, 0.15) is 0 Å². The fourth-order valence-corrected chi connectivity index (χ4v) is 3.68. The summed E-state index contributed by atoms with van der Waals surface area (Å²) in [6.07, 6.45) is 1.09. The Balaban J connectivity index is 2.09. The molecule has 1 atom stereocenters. The van der Waals surface area contributed by atoms with Crippen LogP contribution in [0.4, 0.5) is 5.69 Å². The molecule has 2 aromatic rings. The highest BCUT2D eigenvalue weighted by Gasteiger charge is 2.17. The Morgan fingerprint density at radius 2 is 1.70 bits per heavy atom. The lowest BCUT2D eigenvalue weighted by molar-refractivity contribution is 0.0994. The van der Waals surface area contributed by atoms with Crippen LogP contribution >= 0.6 is 11.8 Å². The van der Waals surface area contributed by atoms with Gasteiger partial charge in [0.15, 0.2) is 5.78 Å². The van der Waals surface area contributed by atoms with Crippen LogP contribution in [0, 0.1) is 6.92 Å². The Labute approximate surface area is 141 Å². The van der Waals surface area contributed by atoms with Crippen molar-refractivity contribution in [1.29, 1.82) is 0 Å². The van der Waals surface area contributed by atoms with Crippen LogP contribution in [0.25, 0.3) is 0 Å². The second-order valence-corrected chi connectivity index (χ2v) is 8.47. The number of Topliss-reactive ketones (excluding diaryl/α,β-unsaturated/α-hetero) is 1. The minimum atomic E-state index is -3.31. The van der Waals surface area contributed by atoms with Crippen molar-refractivity contribution in [3.05, 3.63) is 59.7 Å². The van der Waals surface area contributed by atoms with E-state index in [1.165, 1.54) is 11.8 Å². The van der Waals surface area contributed by atoms with E-state index < -0.39 is 10.0 Å². The summed E-state index contributed by atoms with van der Waals surface area (Å²) in [5.74, 6) is 0.0177. The Morgan fingerprint density at radius 3 is 2.26 bits per heavy atom. The summed E-state index contributed by atoms with van der Waals surface area (Å²) in [4.78, 5) is 13.6. The van der Waals surface area contributed by atoms with Crippen LogP contribution in [-0.2, 0) is 10.0 Å². The molecule has 0 saturated heterocycles. The summed E-state index contributed by atoms with van der Waals surface area (Å²) < 4.78 is 24.7. The minimum Gasteiger partial charge on any atom is -0.293 e. The molecular formula is C17H19NO3S2. The average molecular weight is 349 g/mol. The van der Waals surface area contributed by atoms with Gasteiger partial charge in [-0.05, 0) is 49.7 Å². The van der Waals surface area contributed by atoms with Gasteiger partial charge in [-0.25, -0.2) is 8.42 Å². The van der Waals surface area contributed by atoms with Gasteiger partial charge in [-0.3, -0.25) is 9.52 Å². The van der Waals surface area contributed by atoms with Gasteiger partial charge in [-0.1, -0.05) is 18.2 Å². The fourth-order valence-electron chi connectivity index (χ4n) is 2.08. The highest BCUT2D eigenvalue weighted by molar-refractivity contribution is 8.00. The van der Waals surface area contributed by atoms with Crippen molar-refractivity contribution in [1.82, 2.24) is 0 Å². The second kappa shape index (κ2) is 7.19. The van der Waals surface area contributed by atoms with E-state index in [0.717, 1.165) is 16.7 Å². The minimum absolute atomic E-state index is 0.0177. The van der Waals surface area contributed by atoms with Crippen LogP contribution in [0.2, 0.25) is 0 Å². The number of ketones is 1. The van der Waals surface area contributed by atoms with Gasteiger partial charge >= 0.3 is 0 Å². The first-order valence-corrected chi connectivity index (χ1v) is 9.88. The Kier molecular flexibility index (Phi) is 5.49. The average Bonchev–Trinajstić information content (AvgIpc) is 2.48. The fraction of sp³-hybridized carbons (Fsp3) is 0.235. The maximum absolute atomic E-state index is 12.5. The van der Waals surface area contributed by atoms with Gasteiger partial charge < -0.3 is 0 Å². The number of anilines is 1. The van der Waals surface area contributed by atoms with Gasteiger partial charge in [0.05, 0.1) is 11.5 Å². The summed E-state index contributed by atoms with van der Waals surface area (Å²) in [5.41, 5.74) is 2.16. The van der Waals surface area contributed by atoms with Crippen molar-refractivity contribution < 1.29 is 13.2 Å². The molecule has 0 aromatic heterocycles. The zero-order chi connectivity index (χ0) is 17.0. The molecule has 122 valence electrons. The van der Waals surface area contributed by atoms with Crippen LogP contribution in [0.3, 0.4) is 0 Å². The number of benzene rings is 2. The summed E-state index contributed by atoms with van der Waals surface area (Å²) in [7, 11) is -3.31. The van der Waals surface area contributed by atoms with Crippen molar-refractivity contribution in [3.63, 3.8) is 0 Å². The van der Waals surface area contributed by atoms with Gasteiger partial charge in [0.25, 0.3) is 0 Å².